The van der Waals surface area contributed by atoms with E-state index in [2.05, 4.69) is 136 Å². The normalized spacial score (nSPS) is 13.8. The quantitative estimate of drug-likeness (QED) is 0.0761. The fourth-order valence-corrected chi connectivity index (χ4v) is 7.01. The van der Waals surface area contributed by atoms with Crippen molar-refractivity contribution in [2.24, 2.45) is 0 Å². The molecule has 0 nitrogen and oxygen atoms in total. The van der Waals surface area contributed by atoms with E-state index in [4.69, 9.17) is 0 Å². The van der Waals surface area contributed by atoms with Crippen molar-refractivity contribution in [2.75, 3.05) is 10.7 Å². The zero-order valence-corrected chi connectivity index (χ0v) is 27.5. The number of rotatable bonds is 17. The van der Waals surface area contributed by atoms with E-state index < -0.39 is 0 Å². The molecule has 1 aliphatic rings. The minimum Gasteiger partial charge on any atom is -0.0991 e. The summed E-state index contributed by atoms with van der Waals surface area (Å²) in [6, 6.07) is 25.0. The summed E-state index contributed by atoms with van der Waals surface area (Å²) < 4.78 is 0. The lowest BCUT2D eigenvalue weighted by Gasteiger charge is -2.33. The molecule has 4 rings (SSSR count). The van der Waals surface area contributed by atoms with E-state index in [1.165, 1.54) is 92.0 Å². The van der Waals surface area contributed by atoms with Crippen molar-refractivity contribution in [1.29, 1.82) is 0 Å². The first kappa shape index (κ1) is 31.5. The van der Waals surface area contributed by atoms with Gasteiger partial charge >= 0.3 is 0 Å². The molecular weight excluding hydrogens is 628 g/mol. The molecular formula is C39H44Br2. The summed E-state index contributed by atoms with van der Waals surface area (Å²) in [6.45, 7) is 3.74. The first-order valence-electron chi connectivity index (χ1n) is 15.3. The van der Waals surface area contributed by atoms with Gasteiger partial charge in [0.05, 0.1) is 0 Å². The second-order valence-corrected chi connectivity index (χ2v) is 12.7. The number of fused-ring (bicyclic) bond motifs is 3. The first-order valence-corrected chi connectivity index (χ1v) is 17.6. The average molecular weight is 673 g/mol. The summed E-state index contributed by atoms with van der Waals surface area (Å²) in [5, 5.41) is 2.22. The molecule has 0 atom stereocenters. The van der Waals surface area contributed by atoms with Gasteiger partial charge in [0, 0.05) is 16.1 Å². The SMILES string of the molecule is C=C/C=C/c1ccc(/C=C/C=C/c2ccc3c(c2)C(CCCCCCBr)(CCCCCCBr)c2ccccc2-3)cc1. The number of hydrogen-bond acceptors (Lipinski definition) is 0. The Morgan fingerprint density at radius 3 is 1.66 bits per heavy atom. The molecule has 0 spiro atoms. The second kappa shape index (κ2) is 16.9. The highest BCUT2D eigenvalue weighted by atomic mass is 79.9. The van der Waals surface area contributed by atoms with Crippen LogP contribution in [-0.4, -0.2) is 10.7 Å². The number of unbranched alkanes of at least 4 members (excludes halogenated alkanes) is 6. The van der Waals surface area contributed by atoms with Crippen molar-refractivity contribution < 1.29 is 0 Å². The van der Waals surface area contributed by atoms with E-state index in [1.807, 2.05) is 6.08 Å². The van der Waals surface area contributed by atoms with Crippen LogP contribution in [0.25, 0.3) is 29.4 Å². The predicted octanol–water partition coefficient (Wildman–Crippen LogP) is 12.6. The van der Waals surface area contributed by atoms with Gasteiger partial charge in [-0.1, -0.05) is 186 Å². The Balaban J connectivity index is 1.57. The van der Waals surface area contributed by atoms with Gasteiger partial charge in [0.25, 0.3) is 0 Å². The molecule has 214 valence electrons. The molecule has 3 aromatic carbocycles. The highest BCUT2D eigenvalue weighted by molar-refractivity contribution is 9.09. The zero-order chi connectivity index (χ0) is 28.8. The van der Waals surface area contributed by atoms with Crippen molar-refractivity contribution in [1.82, 2.24) is 0 Å². The molecule has 0 radical (unpaired) electrons. The van der Waals surface area contributed by atoms with Crippen molar-refractivity contribution in [3.63, 3.8) is 0 Å². The summed E-state index contributed by atoms with van der Waals surface area (Å²) in [5.74, 6) is 0. The fraction of sp³-hybridized carbons (Fsp3) is 0.333. The highest BCUT2D eigenvalue weighted by Gasteiger charge is 2.42. The standard InChI is InChI=1S/C39H44Br2/c1-2-3-16-32-21-23-33(24-22-32)17-8-9-18-34-25-26-36-35-19-10-11-20-37(35)39(38(36)31-34,27-12-4-6-14-29-40)28-13-5-7-15-30-41/h2-3,8-11,16-26,31H,1,4-7,12-15,27-30H2/b16-3+,17-8+,18-9+. The third-order valence-electron chi connectivity index (χ3n) is 8.32. The molecule has 0 saturated heterocycles. The number of halogens is 2. The largest absolute Gasteiger partial charge is 0.0991 e. The number of allylic oxidation sites excluding steroid dienone is 4. The maximum Gasteiger partial charge on any atom is 0.0215 e. The van der Waals surface area contributed by atoms with Gasteiger partial charge in [-0.2, -0.15) is 0 Å². The Morgan fingerprint density at radius 1 is 0.537 bits per heavy atom. The average Bonchev–Trinajstić information content (AvgIpc) is 3.28. The number of hydrogen-bond donors (Lipinski definition) is 0. The Bertz CT molecular complexity index is 1310. The van der Waals surface area contributed by atoms with E-state index in [9.17, 15) is 0 Å². The van der Waals surface area contributed by atoms with Crippen LogP contribution in [0, 0.1) is 0 Å². The lowest BCUT2D eigenvalue weighted by atomic mass is 9.70. The summed E-state index contributed by atoms with van der Waals surface area (Å²) in [7, 11) is 0. The van der Waals surface area contributed by atoms with Crippen LogP contribution in [0.15, 0.2) is 97.6 Å². The van der Waals surface area contributed by atoms with Crippen LogP contribution < -0.4 is 0 Å². The minimum atomic E-state index is 0.121. The van der Waals surface area contributed by atoms with Crippen LogP contribution >= 0.6 is 31.9 Å². The summed E-state index contributed by atoms with van der Waals surface area (Å²) in [4.78, 5) is 0. The molecule has 0 fully saturated rings. The molecule has 0 unspecified atom stereocenters. The van der Waals surface area contributed by atoms with Gasteiger partial charge in [0.15, 0.2) is 0 Å². The summed E-state index contributed by atoms with van der Waals surface area (Å²) in [6.07, 6.45) is 27.4. The smallest absolute Gasteiger partial charge is 0.0215 e. The predicted molar refractivity (Wildman–Crippen MR) is 190 cm³/mol. The van der Waals surface area contributed by atoms with E-state index in [1.54, 1.807) is 17.2 Å². The molecule has 0 amide bonds. The van der Waals surface area contributed by atoms with Crippen LogP contribution in [0.3, 0.4) is 0 Å². The maximum atomic E-state index is 3.74. The minimum absolute atomic E-state index is 0.121. The van der Waals surface area contributed by atoms with Crippen molar-refractivity contribution in [3.05, 3.63) is 125 Å². The Hall–Kier alpha value is -2.42. The molecule has 0 heterocycles. The van der Waals surface area contributed by atoms with Gasteiger partial charge in [-0.15, -0.1) is 0 Å². The molecule has 0 aliphatic heterocycles. The lowest BCUT2D eigenvalue weighted by molar-refractivity contribution is 0.401. The van der Waals surface area contributed by atoms with Gasteiger partial charge in [0.1, 0.15) is 0 Å². The maximum absolute atomic E-state index is 3.74. The third-order valence-corrected chi connectivity index (χ3v) is 9.44. The Kier molecular flexibility index (Phi) is 13.0. The summed E-state index contributed by atoms with van der Waals surface area (Å²) >= 11 is 7.23. The van der Waals surface area contributed by atoms with Gasteiger partial charge in [-0.3, -0.25) is 0 Å². The van der Waals surface area contributed by atoms with Crippen molar-refractivity contribution >= 4 is 50.1 Å². The number of alkyl halides is 2. The third kappa shape index (κ3) is 8.55. The van der Waals surface area contributed by atoms with Gasteiger partial charge in [-0.05, 0) is 64.6 Å². The van der Waals surface area contributed by atoms with Gasteiger partial charge in [0.2, 0.25) is 0 Å². The van der Waals surface area contributed by atoms with E-state index in [0.29, 0.717) is 0 Å². The van der Waals surface area contributed by atoms with E-state index in [-0.39, 0.29) is 5.41 Å². The lowest BCUT2D eigenvalue weighted by Crippen LogP contribution is -2.25. The fourth-order valence-electron chi connectivity index (χ4n) is 6.22. The molecule has 0 saturated carbocycles. The van der Waals surface area contributed by atoms with E-state index in [0.717, 1.165) is 10.7 Å². The zero-order valence-electron chi connectivity index (χ0n) is 24.3. The highest BCUT2D eigenvalue weighted by Crippen LogP contribution is 2.54. The molecule has 1 aliphatic carbocycles. The topological polar surface area (TPSA) is 0 Å². The monoisotopic (exact) mass is 670 g/mol. The van der Waals surface area contributed by atoms with E-state index >= 15 is 0 Å². The van der Waals surface area contributed by atoms with Crippen LogP contribution in [0.5, 0.6) is 0 Å². The Labute approximate surface area is 265 Å². The van der Waals surface area contributed by atoms with Crippen LogP contribution in [0.4, 0.5) is 0 Å². The summed E-state index contributed by atoms with van der Waals surface area (Å²) in [5.41, 5.74) is 9.80. The van der Waals surface area contributed by atoms with Crippen molar-refractivity contribution in [3.8, 4) is 11.1 Å². The molecule has 2 heteroatoms. The molecule has 0 bridgehead atoms. The molecule has 3 aromatic rings. The molecule has 0 aromatic heterocycles. The van der Waals surface area contributed by atoms with Crippen LogP contribution in [-0.2, 0) is 5.41 Å². The first-order chi connectivity index (χ1) is 20.2. The van der Waals surface area contributed by atoms with Gasteiger partial charge in [-0.25, -0.2) is 0 Å². The van der Waals surface area contributed by atoms with Gasteiger partial charge < -0.3 is 0 Å². The molecule has 41 heavy (non-hydrogen) atoms. The number of benzene rings is 3. The van der Waals surface area contributed by atoms with Crippen LogP contribution in [0.2, 0.25) is 0 Å². The second-order valence-electron chi connectivity index (χ2n) is 11.1. The Morgan fingerprint density at radius 2 is 1.05 bits per heavy atom. The molecule has 0 N–H and O–H groups in total. The van der Waals surface area contributed by atoms with Crippen LogP contribution in [0.1, 0.15) is 92.0 Å². The van der Waals surface area contributed by atoms with Crippen molar-refractivity contribution in [2.45, 2.75) is 69.6 Å².